The molecule has 0 spiro atoms. The predicted octanol–water partition coefficient (Wildman–Crippen LogP) is 6.65. The van der Waals surface area contributed by atoms with Gasteiger partial charge in [0.1, 0.15) is 11.5 Å². The summed E-state index contributed by atoms with van der Waals surface area (Å²) in [6, 6.07) is 19.4. The Labute approximate surface area is 150 Å². The van der Waals surface area contributed by atoms with Crippen LogP contribution in [0.3, 0.4) is 0 Å². The molecule has 1 heterocycles. The minimum atomic E-state index is 0.0378. The smallest absolute Gasteiger partial charge is 0.130 e. The number of furan rings is 1. The molecule has 0 amide bonds. The van der Waals surface area contributed by atoms with Gasteiger partial charge >= 0.3 is 0 Å². The molecule has 1 aromatic heterocycles. The molecular formula is C24H24O. The largest absolute Gasteiger partial charge is 0.461 e. The second-order valence-electron chi connectivity index (χ2n) is 7.96. The monoisotopic (exact) mass is 328 g/mol. The van der Waals surface area contributed by atoms with Gasteiger partial charge in [0.25, 0.3) is 0 Å². The van der Waals surface area contributed by atoms with E-state index >= 15 is 0 Å². The van der Waals surface area contributed by atoms with Crippen LogP contribution in [0.1, 0.15) is 49.0 Å². The first kappa shape index (κ1) is 16.0. The number of rotatable bonds is 2. The van der Waals surface area contributed by atoms with Crippen molar-refractivity contribution in [2.24, 2.45) is 0 Å². The molecule has 0 aliphatic heterocycles. The fourth-order valence-corrected chi connectivity index (χ4v) is 3.58. The first-order chi connectivity index (χ1) is 11.9. The van der Waals surface area contributed by atoms with Crippen LogP contribution >= 0.6 is 0 Å². The van der Waals surface area contributed by atoms with Gasteiger partial charge in [-0.25, -0.2) is 0 Å². The summed E-state index contributed by atoms with van der Waals surface area (Å²) in [6.07, 6.45) is 3.25. The van der Waals surface area contributed by atoms with E-state index in [0.29, 0.717) is 0 Å². The van der Waals surface area contributed by atoms with Gasteiger partial charge < -0.3 is 4.42 Å². The third-order valence-corrected chi connectivity index (χ3v) is 4.97. The van der Waals surface area contributed by atoms with Gasteiger partial charge in [-0.2, -0.15) is 0 Å². The van der Waals surface area contributed by atoms with Gasteiger partial charge in [-0.15, -0.1) is 0 Å². The minimum Gasteiger partial charge on any atom is -0.461 e. The number of aryl methyl sites for hydroxylation is 1. The Hall–Kier alpha value is -2.54. The maximum absolute atomic E-state index is 6.17. The lowest BCUT2D eigenvalue weighted by Gasteiger charge is -2.14. The van der Waals surface area contributed by atoms with Crippen molar-refractivity contribution in [2.75, 3.05) is 0 Å². The van der Waals surface area contributed by atoms with Crippen LogP contribution in [0.4, 0.5) is 0 Å². The highest BCUT2D eigenvalue weighted by atomic mass is 16.3. The molecule has 126 valence electrons. The normalized spacial score (nSPS) is 13.7. The Morgan fingerprint density at radius 2 is 1.64 bits per heavy atom. The fraction of sp³-hybridized carbons (Fsp3) is 0.250. The summed E-state index contributed by atoms with van der Waals surface area (Å²) in [4.78, 5) is 0. The molecule has 2 aromatic carbocycles. The zero-order chi connectivity index (χ0) is 17.6. The number of allylic oxidation sites excluding steroid dienone is 1. The zero-order valence-electron chi connectivity index (χ0n) is 15.4. The molecule has 0 saturated carbocycles. The third-order valence-electron chi connectivity index (χ3n) is 4.97. The second kappa shape index (κ2) is 5.77. The van der Waals surface area contributed by atoms with Crippen LogP contribution in [0.25, 0.3) is 22.8 Å². The van der Waals surface area contributed by atoms with E-state index in [9.17, 15) is 0 Å². The predicted molar refractivity (Wildman–Crippen MR) is 106 cm³/mol. The summed E-state index contributed by atoms with van der Waals surface area (Å²) >= 11 is 0. The van der Waals surface area contributed by atoms with E-state index in [1.165, 1.54) is 33.4 Å². The SMILES string of the molecule is Cc1ccc2c(c1-c1ccccc1)C=C(c1ccc(C(C)(C)C)o1)C2. The molecule has 0 radical (unpaired) electrons. The summed E-state index contributed by atoms with van der Waals surface area (Å²) in [5.41, 5.74) is 7.98. The highest BCUT2D eigenvalue weighted by Gasteiger charge is 2.23. The minimum absolute atomic E-state index is 0.0378. The van der Waals surface area contributed by atoms with E-state index < -0.39 is 0 Å². The van der Waals surface area contributed by atoms with E-state index in [1.807, 2.05) is 0 Å². The van der Waals surface area contributed by atoms with Crippen LogP contribution in [0.15, 0.2) is 59.0 Å². The molecular weight excluding hydrogens is 304 g/mol. The number of hydrogen-bond donors (Lipinski definition) is 0. The lowest BCUT2D eigenvalue weighted by atomic mass is 9.93. The van der Waals surface area contributed by atoms with Crippen LogP contribution in [-0.2, 0) is 11.8 Å². The van der Waals surface area contributed by atoms with Gasteiger partial charge in [-0.1, -0.05) is 63.2 Å². The molecule has 25 heavy (non-hydrogen) atoms. The van der Waals surface area contributed by atoms with Crippen molar-refractivity contribution >= 4 is 11.6 Å². The molecule has 3 aromatic rings. The molecule has 0 N–H and O–H groups in total. The molecule has 0 saturated heterocycles. The van der Waals surface area contributed by atoms with Crippen LogP contribution in [0, 0.1) is 6.92 Å². The molecule has 4 rings (SSSR count). The van der Waals surface area contributed by atoms with Crippen LogP contribution in [0.5, 0.6) is 0 Å². The lowest BCUT2D eigenvalue weighted by Crippen LogP contribution is -2.09. The molecule has 1 heteroatoms. The highest BCUT2D eigenvalue weighted by molar-refractivity contribution is 5.93. The second-order valence-corrected chi connectivity index (χ2v) is 7.96. The summed E-state index contributed by atoms with van der Waals surface area (Å²) in [5.74, 6) is 2.04. The van der Waals surface area contributed by atoms with Crippen molar-refractivity contribution in [2.45, 2.75) is 39.5 Å². The van der Waals surface area contributed by atoms with E-state index in [1.54, 1.807) is 0 Å². The van der Waals surface area contributed by atoms with Crippen molar-refractivity contribution in [3.63, 3.8) is 0 Å². The highest BCUT2D eigenvalue weighted by Crippen LogP contribution is 2.40. The lowest BCUT2D eigenvalue weighted by molar-refractivity contribution is 0.403. The quantitative estimate of drug-likeness (QED) is 0.513. The van der Waals surface area contributed by atoms with E-state index in [2.05, 4.69) is 88.4 Å². The van der Waals surface area contributed by atoms with Gasteiger partial charge in [0.05, 0.1) is 0 Å². The van der Waals surface area contributed by atoms with Gasteiger partial charge in [0, 0.05) is 11.8 Å². The summed E-state index contributed by atoms with van der Waals surface area (Å²) in [6.45, 7) is 8.75. The topological polar surface area (TPSA) is 13.1 Å². The molecule has 1 aliphatic rings. The van der Waals surface area contributed by atoms with Crippen molar-refractivity contribution in [3.05, 3.63) is 82.8 Å². The van der Waals surface area contributed by atoms with Gasteiger partial charge in [0.2, 0.25) is 0 Å². The Morgan fingerprint density at radius 3 is 2.32 bits per heavy atom. The molecule has 0 unspecified atom stereocenters. The average Bonchev–Trinajstić information content (AvgIpc) is 3.22. The van der Waals surface area contributed by atoms with Crippen LogP contribution in [0.2, 0.25) is 0 Å². The fourth-order valence-electron chi connectivity index (χ4n) is 3.58. The summed E-state index contributed by atoms with van der Waals surface area (Å²) < 4.78 is 6.17. The Balaban J connectivity index is 1.79. The van der Waals surface area contributed by atoms with Crippen molar-refractivity contribution in [1.29, 1.82) is 0 Å². The van der Waals surface area contributed by atoms with E-state index in [0.717, 1.165) is 17.9 Å². The van der Waals surface area contributed by atoms with Gasteiger partial charge in [0.15, 0.2) is 0 Å². The third kappa shape index (κ3) is 2.84. The Morgan fingerprint density at radius 1 is 0.880 bits per heavy atom. The standard InChI is InChI=1S/C24H24O/c1-16-10-11-18-14-19(21-12-13-22(25-21)24(2,3)4)15-20(18)23(16)17-8-6-5-7-9-17/h5-13,15H,14H2,1-4H3. The van der Waals surface area contributed by atoms with E-state index in [4.69, 9.17) is 4.42 Å². The number of benzene rings is 2. The maximum atomic E-state index is 6.17. The first-order valence-electron chi connectivity index (χ1n) is 8.92. The number of hydrogen-bond acceptors (Lipinski definition) is 1. The average molecular weight is 328 g/mol. The molecule has 0 atom stereocenters. The first-order valence-corrected chi connectivity index (χ1v) is 8.92. The Kier molecular flexibility index (Phi) is 3.68. The van der Waals surface area contributed by atoms with Crippen molar-refractivity contribution in [1.82, 2.24) is 0 Å². The number of fused-ring (bicyclic) bond motifs is 1. The van der Waals surface area contributed by atoms with Crippen LogP contribution < -0.4 is 0 Å². The zero-order valence-corrected chi connectivity index (χ0v) is 15.4. The molecule has 0 bridgehead atoms. The van der Waals surface area contributed by atoms with Crippen molar-refractivity contribution in [3.8, 4) is 11.1 Å². The van der Waals surface area contributed by atoms with E-state index in [-0.39, 0.29) is 5.41 Å². The molecule has 0 fully saturated rings. The molecule has 1 nitrogen and oxygen atoms in total. The van der Waals surface area contributed by atoms with Gasteiger partial charge in [-0.3, -0.25) is 0 Å². The summed E-state index contributed by atoms with van der Waals surface area (Å²) in [7, 11) is 0. The van der Waals surface area contributed by atoms with Crippen LogP contribution in [-0.4, -0.2) is 0 Å². The summed E-state index contributed by atoms with van der Waals surface area (Å²) in [5, 5.41) is 0. The molecule has 1 aliphatic carbocycles. The van der Waals surface area contributed by atoms with Crippen molar-refractivity contribution < 1.29 is 4.42 Å². The van der Waals surface area contributed by atoms with Gasteiger partial charge in [-0.05, 0) is 58.5 Å². The Bertz CT molecular complexity index is 950. The maximum Gasteiger partial charge on any atom is 0.130 e.